The number of amides is 2. The summed E-state index contributed by atoms with van der Waals surface area (Å²) in [6, 6.07) is 11.6. The van der Waals surface area contributed by atoms with Crippen molar-refractivity contribution in [3.8, 4) is 0 Å². The molecule has 3 aromatic rings. The summed E-state index contributed by atoms with van der Waals surface area (Å²) in [5, 5.41) is 7.20. The van der Waals surface area contributed by atoms with Crippen LogP contribution in [0.4, 0.5) is 5.82 Å². The number of hydrogen-bond acceptors (Lipinski definition) is 4. The number of aromatic nitrogens is 2. The molecule has 7 heteroatoms. The maximum atomic E-state index is 12.1. The lowest BCUT2D eigenvalue weighted by Crippen LogP contribution is -2.38. The zero-order valence-corrected chi connectivity index (χ0v) is 13.5. The summed E-state index contributed by atoms with van der Waals surface area (Å²) in [7, 11) is 1.60. The first-order valence-electron chi connectivity index (χ1n) is 7.58. The maximum Gasteiger partial charge on any atom is 0.315 e. The van der Waals surface area contributed by atoms with E-state index in [4.69, 9.17) is 4.52 Å². The Morgan fingerprint density at radius 3 is 2.83 bits per heavy atom. The third-order valence-corrected chi connectivity index (χ3v) is 3.77. The number of benzene rings is 1. The van der Waals surface area contributed by atoms with Crippen molar-refractivity contribution < 1.29 is 14.1 Å². The smallest absolute Gasteiger partial charge is 0.315 e. The number of anilines is 1. The molecule has 7 nitrogen and oxygen atoms in total. The van der Waals surface area contributed by atoms with Gasteiger partial charge in [0.15, 0.2) is 5.82 Å². The van der Waals surface area contributed by atoms with E-state index in [1.165, 1.54) is 4.90 Å². The Kier molecular flexibility index (Phi) is 4.33. The van der Waals surface area contributed by atoms with E-state index < -0.39 is 11.8 Å². The van der Waals surface area contributed by atoms with E-state index in [2.05, 4.69) is 15.0 Å². The van der Waals surface area contributed by atoms with Crippen molar-refractivity contribution in [2.24, 2.45) is 0 Å². The van der Waals surface area contributed by atoms with Gasteiger partial charge in [-0.1, -0.05) is 23.4 Å². The molecule has 124 valence electrons. The summed E-state index contributed by atoms with van der Waals surface area (Å²) in [6.45, 7) is 2.73. The monoisotopic (exact) mass is 326 g/mol. The Balaban J connectivity index is 1.58. The van der Waals surface area contributed by atoms with Crippen molar-refractivity contribution in [3.63, 3.8) is 0 Å². The standard InChI is InChI=1S/C17H18N4O3/c1-12-11-15(19-24-12)18-16(22)17(23)20(2)9-10-21-8-7-13-5-3-4-6-14(13)21/h3-8,11H,9-10H2,1-2H3,(H,18,19,22). The Labute approximate surface area is 138 Å². The van der Waals surface area contributed by atoms with E-state index in [-0.39, 0.29) is 5.82 Å². The third-order valence-electron chi connectivity index (χ3n) is 3.77. The highest BCUT2D eigenvalue weighted by atomic mass is 16.5. The second-order valence-electron chi connectivity index (χ2n) is 5.57. The van der Waals surface area contributed by atoms with Gasteiger partial charge >= 0.3 is 11.8 Å². The second-order valence-corrected chi connectivity index (χ2v) is 5.57. The number of fused-ring (bicyclic) bond motifs is 1. The minimum atomic E-state index is -0.733. The fraction of sp³-hybridized carbons (Fsp3) is 0.235. The van der Waals surface area contributed by atoms with Gasteiger partial charge in [0.25, 0.3) is 0 Å². The summed E-state index contributed by atoms with van der Waals surface area (Å²) in [6.07, 6.45) is 1.97. The van der Waals surface area contributed by atoms with Crippen molar-refractivity contribution >= 4 is 28.5 Å². The topological polar surface area (TPSA) is 80.4 Å². The van der Waals surface area contributed by atoms with Crippen LogP contribution in [0.5, 0.6) is 0 Å². The molecule has 0 saturated carbocycles. The Morgan fingerprint density at radius 2 is 2.08 bits per heavy atom. The number of carbonyl (C=O) groups is 2. The van der Waals surface area contributed by atoms with E-state index in [0.717, 1.165) is 10.9 Å². The normalized spacial score (nSPS) is 10.8. The number of rotatable bonds is 4. The lowest BCUT2D eigenvalue weighted by Gasteiger charge is -2.17. The van der Waals surface area contributed by atoms with Gasteiger partial charge in [-0.05, 0) is 24.4 Å². The first kappa shape index (κ1) is 15.8. The Bertz CT molecular complexity index is 881. The molecule has 0 unspecified atom stereocenters. The molecule has 1 N–H and O–H groups in total. The summed E-state index contributed by atoms with van der Waals surface area (Å²) in [5.74, 6) is -0.559. The van der Waals surface area contributed by atoms with Gasteiger partial charge in [-0.15, -0.1) is 0 Å². The van der Waals surface area contributed by atoms with Crippen molar-refractivity contribution in [2.75, 3.05) is 18.9 Å². The molecule has 0 radical (unpaired) electrons. The third kappa shape index (κ3) is 3.29. The molecular formula is C17H18N4O3. The first-order chi connectivity index (χ1) is 11.5. The Hall–Kier alpha value is -3.09. The molecule has 0 aliphatic carbocycles. The number of nitrogens with zero attached hydrogens (tertiary/aromatic N) is 3. The lowest BCUT2D eigenvalue weighted by molar-refractivity contribution is -0.142. The van der Waals surface area contributed by atoms with E-state index in [9.17, 15) is 9.59 Å². The van der Waals surface area contributed by atoms with E-state index in [1.54, 1.807) is 20.0 Å². The summed E-state index contributed by atoms with van der Waals surface area (Å²) in [4.78, 5) is 25.5. The van der Waals surface area contributed by atoms with Gasteiger partial charge in [-0.2, -0.15) is 0 Å². The zero-order valence-electron chi connectivity index (χ0n) is 13.5. The molecule has 0 bridgehead atoms. The fourth-order valence-corrected chi connectivity index (χ4v) is 2.46. The minimum absolute atomic E-state index is 0.232. The first-order valence-corrected chi connectivity index (χ1v) is 7.58. The highest BCUT2D eigenvalue weighted by molar-refractivity contribution is 6.39. The van der Waals surface area contributed by atoms with Crippen LogP contribution in [0.1, 0.15) is 5.76 Å². The quantitative estimate of drug-likeness (QED) is 0.744. The minimum Gasteiger partial charge on any atom is -0.360 e. The molecule has 0 saturated heterocycles. The van der Waals surface area contributed by atoms with Crippen LogP contribution in [0.25, 0.3) is 10.9 Å². The van der Waals surface area contributed by atoms with Crippen LogP contribution in [0.15, 0.2) is 47.1 Å². The van der Waals surface area contributed by atoms with E-state index in [0.29, 0.717) is 18.8 Å². The molecule has 2 aromatic heterocycles. The van der Waals surface area contributed by atoms with E-state index >= 15 is 0 Å². The van der Waals surface area contributed by atoms with Crippen LogP contribution < -0.4 is 5.32 Å². The number of hydrogen-bond donors (Lipinski definition) is 1. The number of para-hydroxylation sites is 1. The molecule has 0 spiro atoms. The predicted octanol–water partition coefficient (Wildman–Crippen LogP) is 2.03. The maximum absolute atomic E-state index is 12.1. The molecule has 24 heavy (non-hydrogen) atoms. The Morgan fingerprint density at radius 1 is 1.29 bits per heavy atom. The second kappa shape index (κ2) is 6.57. The van der Waals surface area contributed by atoms with E-state index in [1.807, 2.05) is 36.5 Å². The van der Waals surface area contributed by atoms with Crippen molar-refractivity contribution in [1.82, 2.24) is 14.6 Å². The molecule has 2 heterocycles. The van der Waals surface area contributed by atoms with Crippen molar-refractivity contribution in [2.45, 2.75) is 13.5 Å². The van der Waals surface area contributed by atoms with Gasteiger partial charge in [-0.25, -0.2) is 0 Å². The van der Waals surface area contributed by atoms with Crippen LogP contribution in [0.2, 0.25) is 0 Å². The molecule has 2 amide bonds. The molecule has 1 aromatic carbocycles. The number of aryl methyl sites for hydroxylation is 1. The van der Waals surface area contributed by atoms with Gasteiger partial charge in [0.1, 0.15) is 5.76 Å². The summed E-state index contributed by atoms with van der Waals surface area (Å²) >= 11 is 0. The van der Waals surface area contributed by atoms with Gasteiger partial charge in [-0.3, -0.25) is 14.9 Å². The highest BCUT2D eigenvalue weighted by Crippen LogP contribution is 2.15. The van der Waals surface area contributed by atoms with Crippen LogP contribution in [-0.2, 0) is 16.1 Å². The zero-order chi connectivity index (χ0) is 17.1. The fourth-order valence-electron chi connectivity index (χ4n) is 2.46. The van der Waals surface area contributed by atoms with Crippen LogP contribution in [0.3, 0.4) is 0 Å². The van der Waals surface area contributed by atoms with Crippen LogP contribution >= 0.6 is 0 Å². The average Bonchev–Trinajstić information content (AvgIpc) is 3.18. The SMILES string of the molecule is Cc1cc(NC(=O)C(=O)N(C)CCn2ccc3ccccc32)no1. The van der Waals surface area contributed by atoms with Gasteiger partial charge < -0.3 is 14.0 Å². The molecule has 0 atom stereocenters. The predicted molar refractivity (Wildman–Crippen MR) is 89.4 cm³/mol. The average molecular weight is 326 g/mol. The van der Waals surface area contributed by atoms with Gasteiger partial charge in [0.05, 0.1) is 0 Å². The number of carbonyl (C=O) groups excluding carboxylic acids is 2. The van der Waals surface area contributed by atoms with Crippen LogP contribution in [-0.4, -0.2) is 40.0 Å². The summed E-state index contributed by atoms with van der Waals surface area (Å²) < 4.78 is 6.90. The van der Waals surface area contributed by atoms with Crippen LogP contribution in [0, 0.1) is 6.92 Å². The van der Waals surface area contributed by atoms with Gasteiger partial charge in [0.2, 0.25) is 0 Å². The molecule has 0 aliphatic rings. The summed E-state index contributed by atoms with van der Waals surface area (Å²) in [5.41, 5.74) is 1.10. The van der Waals surface area contributed by atoms with Crippen molar-refractivity contribution in [3.05, 3.63) is 48.4 Å². The molecular weight excluding hydrogens is 308 g/mol. The lowest BCUT2D eigenvalue weighted by atomic mass is 10.2. The van der Waals surface area contributed by atoms with Crippen molar-refractivity contribution in [1.29, 1.82) is 0 Å². The largest absolute Gasteiger partial charge is 0.360 e. The molecule has 0 fully saturated rings. The highest BCUT2D eigenvalue weighted by Gasteiger charge is 2.19. The molecule has 3 rings (SSSR count). The van der Waals surface area contributed by atoms with Gasteiger partial charge in [0, 0.05) is 37.9 Å². The number of nitrogens with one attached hydrogen (secondary N) is 1. The number of likely N-dealkylation sites (N-methyl/N-ethyl adjacent to an activating group) is 1. The molecule has 0 aliphatic heterocycles.